The number of phenols is 1. The van der Waals surface area contributed by atoms with Crippen molar-refractivity contribution >= 4 is 5.97 Å². The molecule has 0 amide bonds. The van der Waals surface area contributed by atoms with Crippen LogP contribution in [0.5, 0.6) is 11.5 Å². The van der Waals surface area contributed by atoms with Crippen LogP contribution in [0.3, 0.4) is 0 Å². The molecular weight excluding hydrogens is 234 g/mol. The third-order valence-electron chi connectivity index (χ3n) is 2.39. The average Bonchev–Trinajstić information content (AvgIpc) is 2.28. The van der Waals surface area contributed by atoms with Crippen molar-refractivity contribution in [3.05, 3.63) is 23.3 Å². The zero-order chi connectivity index (χ0) is 13.2. The zero-order valence-electron chi connectivity index (χ0n) is 9.33. The van der Waals surface area contributed by atoms with Gasteiger partial charge >= 0.3 is 5.97 Å². The van der Waals surface area contributed by atoms with Gasteiger partial charge in [-0.2, -0.15) is 0 Å². The summed E-state index contributed by atoms with van der Waals surface area (Å²) in [5, 5.41) is 17.9. The second-order valence-electron chi connectivity index (χ2n) is 3.65. The second-order valence-corrected chi connectivity index (χ2v) is 3.65. The summed E-state index contributed by atoms with van der Waals surface area (Å²) in [6, 6.07) is 0.805. The maximum absolute atomic E-state index is 13.7. The van der Waals surface area contributed by atoms with Gasteiger partial charge in [0.2, 0.25) is 0 Å². The molecule has 0 aromatic heterocycles. The van der Waals surface area contributed by atoms with Gasteiger partial charge in [-0.3, -0.25) is 4.79 Å². The first kappa shape index (κ1) is 13.2. The van der Waals surface area contributed by atoms with Crippen LogP contribution in [-0.2, 0) is 11.2 Å². The molecule has 0 saturated carbocycles. The zero-order valence-corrected chi connectivity index (χ0v) is 9.33. The first-order valence-electron chi connectivity index (χ1n) is 4.85. The fourth-order valence-electron chi connectivity index (χ4n) is 1.37. The van der Waals surface area contributed by atoms with E-state index in [-0.39, 0.29) is 12.2 Å². The van der Waals surface area contributed by atoms with E-state index in [0.717, 1.165) is 6.07 Å². The van der Waals surface area contributed by atoms with E-state index in [0.29, 0.717) is 0 Å². The lowest BCUT2D eigenvalue weighted by Gasteiger charge is -2.12. The number of methoxy groups -OCH3 is 1. The number of carbonyl (C=O) groups is 1. The van der Waals surface area contributed by atoms with E-state index in [2.05, 4.69) is 4.74 Å². The Bertz CT molecular complexity index is 446. The van der Waals surface area contributed by atoms with Crippen molar-refractivity contribution in [2.24, 2.45) is 5.92 Å². The number of phenolic OH excluding ortho intramolecular Hbond substituents is 1. The van der Waals surface area contributed by atoms with Crippen molar-refractivity contribution in [2.75, 3.05) is 7.11 Å². The monoisotopic (exact) mass is 246 g/mol. The van der Waals surface area contributed by atoms with Crippen LogP contribution < -0.4 is 4.74 Å². The molecule has 1 aromatic carbocycles. The summed E-state index contributed by atoms with van der Waals surface area (Å²) < 4.78 is 31.7. The van der Waals surface area contributed by atoms with Gasteiger partial charge in [0.25, 0.3) is 0 Å². The summed E-state index contributed by atoms with van der Waals surface area (Å²) in [7, 11) is 1.17. The highest BCUT2D eigenvalue weighted by Gasteiger charge is 2.23. The number of benzene rings is 1. The Labute approximate surface area is 96.5 Å². The van der Waals surface area contributed by atoms with Crippen LogP contribution in [0.15, 0.2) is 6.07 Å². The lowest BCUT2D eigenvalue weighted by Crippen LogP contribution is -2.14. The predicted octanol–water partition coefficient (Wildman–Crippen LogP) is 1.94. The maximum Gasteiger partial charge on any atom is 0.306 e. The number of hydrogen-bond acceptors (Lipinski definition) is 3. The molecule has 0 radical (unpaired) electrons. The van der Waals surface area contributed by atoms with Crippen LogP contribution in [-0.4, -0.2) is 23.3 Å². The highest BCUT2D eigenvalue weighted by Crippen LogP contribution is 2.31. The molecule has 1 rings (SSSR count). The molecular formula is C11H12F2O4. The summed E-state index contributed by atoms with van der Waals surface area (Å²) in [5.41, 5.74) is -0.489. The minimum Gasteiger partial charge on any atom is -0.505 e. The number of aromatic hydroxyl groups is 1. The molecule has 0 spiro atoms. The normalized spacial score (nSPS) is 12.2. The van der Waals surface area contributed by atoms with Crippen molar-refractivity contribution in [1.29, 1.82) is 0 Å². The van der Waals surface area contributed by atoms with Gasteiger partial charge in [-0.25, -0.2) is 8.78 Å². The highest BCUT2D eigenvalue weighted by atomic mass is 19.1. The van der Waals surface area contributed by atoms with Crippen LogP contribution in [0.2, 0.25) is 0 Å². The van der Waals surface area contributed by atoms with E-state index in [4.69, 9.17) is 5.11 Å². The van der Waals surface area contributed by atoms with Crippen molar-refractivity contribution in [3.63, 3.8) is 0 Å². The van der Waals surface area contributed by atoms with E-state index in [1.807, 2.05) is 0 Å². The molecule has 94 valence electrons. The lowest BCUT2D eigenvalue weighted by molar-refractivity contribution is -0.141. The molecule has 6 heteroatoms. The van der Waals surface area contributed by atoms with Crippen LogP contribution in [0.4, 0.5) is 8.78 Å². The molecule has 17 heavy (non-hydrogen) atoms. The Morgan fingerprint density at radius 3 is 2.53 bits per heavy atom. The van der Waals surface area contributed by atoms with Crippen LogP contribution in [0, 0.1) is 17.6 Å². The number of carboxylic acid groups (broad SMARTS) is 1. The predicted molar refractivity (Wildman–Crippen MR) is 55.1 cm³/mol. The number of rotatable bonds is 4. The lowest BCUT2D eigenvalue weighted by atomic mass is 9.99. The van der Waals surface area contributed by atoms with E-state index in [1.54, 1.807) is 0 Å². The summed E-state index contributed by atoms with van der Waals surface area (Å²) in [5.74, 6) is -5.38. The van der Waals surface area contributed by atoms with Gasteiger partial charge in [-0.15, -0.1) is 0 Å². The summed E-state index contributed by atoms with van der Waals surface area (Å²) in [4.78, 5) is 10.6. The molecule has 0 aliphatic carbocycles. The van der Waals surface area contributed by atoms with Crippen LogP contribution in [0.25, 0.3) is 0 Å². The smallest absolute Gasteiger partial charge is 0.306 e. The molecule has 2 N–H and O–H groups in total. The Morgan fingerprint density at radius 1 is 1.47 bits per heavy atom. The number of halogens is 2. The quantitative estimate of drug-likeness (QED) is 0.852. The molecule has 0 saturated heterocycles. The Kier molecular flexibility index (Phi) is 3.88. The fraction of sp³-hybridized carbons (Fsp3) is 0.364. The van der Waals surface area contributed by atoms with E-state index in [1.165, 1.54) is 14.0 Å². The minimum atomic E-state index is -1.17. The van der Waals surface area contributed by atoms with Gasteiger partial charge in [0, 0.05) is 11.6 Å². The van der Waals surface area contributed by atoms with Crippen LogP contribution in [0.1, 0.15) is 12.5 Å². The number of ether oxygens (including phenoxy) is 1. The Morgan fingerprint density at radius 2 is 2.06 bits per heavy atom. The molecule has 1 aromatic rings. The molecule has 0 aliphatic rings. The fourth-order valence-corrected chi connectivity index (χ4v) is 1.37. The molecule has 4 nitrogen and oxygen atoms in total. The van der Waals surface area contributed by atoms with Crippen LogP contribution >= 0.6 is 0 Å². The van der Waals surface area contributed by atoms with E-state index in [9.17, 15) is 18.7 Å². The number of aliphatic carboxylic acids is 1. The van der Waals surface area contributed by atoms with Crippen molar-refractivity contribution in [2.45, 2.75) is 13.3 Å². The third-order valence-corrected chi connectivity index (χ3v) is 2.39. The first-order chi connectivity index (χ1) is 7.88. The summed E-state index contributed by atoms with van der Waals surface area (Å²) >= 11 is 0. The van der Waals surface area contributed by atoms with Crippen molar-refractivity contribution < 1.29 is 28.5 Å². The van der Waals surface area contributed by atoms with Crippen molar-refractivity contribution in [1.82, 2.24) is 0 Å². The molecule has 0 fully saturated rings. The van der Waals surface area contributed by atoms with Gasteiger partial charge in [0.05, 0.1) is 13.0 Å². The largest absolute Gasteiger partial charge is 0.505 e. The Hall–Kier alpha value is -1.85. The van der Waals surface area contributed by atoms with Crippen molar-refractivity contribution in [3.8, 4) is 11.5 Å². The highest BCUT2D eigenvalue weighted by molar-refractivity contribution is 5.70. The molecule has 0 aliphatic heterocycles. The molecule has 1 unspecified atom stereocenters. The molecule has 0 bridgehead atoms. The van der Waals surface area contributed by atoms with Gasteiger partial charge in [0.1, 0.15) is 0 Å². The van der Waals surface area contributed by atoms with Gasteiger partial charge in [-0.05, 0) is 6.42 Å². The summed E-state index contributed by atoms with van der Waals surface area (Å²) in [6.45, 7) is 1.32. The topological polar surface area (TPSA) is 66.8 Å². The van der Waals surface area contributed by atoms with Gasteiger partial charge in [-0.1, -0.05) is 6.92 Å². The first-order valence-corrected chi connectivity index (χ1v) is 4.85. The number of hydrogen-bond donors (Lipinski definition) is 2. The second kappa shape index (κ2) is 4.99. The molecule has 1 atom stereocenters. The minimum absolute atomic E-state index is 0.323. The van der Waals surface area contributed by atoms with E-state index < -0.39 is 34.8 Å². The van der Waals surface area contributed by atoms with Gasteiger partial charge < -0.3 is 14.9 Å². The summed E-state index contributed by atoms with van der Waals surface area (Å²) in [6.07, 6.45) is -0.363. The third kappa shape index (κ3) is 2.64. The average molecular weight is 246 g/mol. The maximum atomic E-state index is 13.7. The number of carboxylic acids is 1. The standard InChI is InChI=1S/C11H12F2O4/c1-5(11(15)16)3-6-9(12)7(14)4-8(17-2)10(6)13/h4-5,14H,3H2,1-2H3,(H,15,16). The van der Waals surface area contributed by atoms with Gasteiger partial charge in [0.15, 0.2) is 23.1 Å². The SMILES string of the molecule is COc1cc(O)c(F)c(CC(C)C(=O)O)c1F. The van der Waals surface area contributed by atoms with E-state index >= 15 is 0 Å². The molecule has 0 heterocycles. The Balaban J connectivity index is 3.22.